The summed E-state index contributed by atoms with van der Waals surface area (Å²) >= 11 is 0. The summed E-state index contributed by atoms with van der Waals surface area (Å²) < 4.78 is 0. The van der Waals surface area contributed by atoms with Gasteiger partial charge in [0.25, 0.3) is 0 Å². The molecule has 0 heterocycles. The third-order valence-electron chi connectivity index (χ3n) is 4.59. The Hall–Kier alpha value is -1.06. The van der Waals surface area contributed by atoms with E-state index in [1.807, 2.05) is 0 Å². The Morgan fingerprint density at radius 1 is 1.29 bits per heavy atom. The van der Waals surface area contributed by atoms with E-state index < -0.39 is 11.5 Å². The zero-order chi connectivity index (χ0) is 12.6. The van der Waals surface area contributed by atoms with Crippen molar-refractivity contribution in [3.8, 4) is 0 Å². The molecule has 2 aliphatic rings. The molecule has 2 fully saturated rings. The Morgan fingerprint density at radius 2 is 1.94 bits per heavy atom. The number of aliphatic carboxylic acids is 1. The topological polar surface area (TPSA) is 57.6 Å². The summed E-state index contributed by atoms with van der Waals surface area (Å²) in [4.78, 5) is 24.5. The molecule has 2 aliphatic carbocycles. The molecule has 0 aromatic carbocycles. The summed E-state index contributed by atoms with van der Waals surface area (Å²) in [7, 11) is 0. The van der Waals surface area contributed by atoms with Gasteiger partial charge in [-0.25, -0.2) is 4.79 Å². The number of hydrogen-bond donors (Lipinski definition) is 1. The van der Waals surface area contributed by atoms with Crippen LogP contribution >= 0.6 is 0 Å². The van der Waals surface area contributed by atoms with Crippen LogP contribution in [0.25, 0.3) is 0 Å². The molecular weight excluding hydrogens is 218 g/mol. The highest BCUT2D eigenvalue weighted by Crippen LogP contribution is 2.43. The van der Waals surface area contributed by atoms with Gasteiger partial charge in [-0.15, -0.1) is 0 Å². The van der Waals surface area contributed by atoms with Crippen LogP contribution in [0.3, 0.4) is 0 Å². The molecule has 1 N–H and O–H groups in total. The lowest BCUT2D eigenvalue weighted by Crippen LogP contribution is -2.58. The minimum atomic E-state index is -0.936. The smallest absolute Gasteiger partial charge is 0.329 e. The first-order chi connectivity index (χ1) is 8.01. The molecule has 4 heteroatoms. The molecule has 3 atom stereocenters. The van der Waals surface area contributed by atoms with E-state index in [4.69, 9.17) is 0 Å². The summed E-state index contributed by atoms with van der Waals surface area (Å²) in [6.07, 6.45) is 4.76. The van der Waals surface area contributed by atoms with Gasteiger partial charge < -0.3 is 10.0 Å². The first kappa shape index (κ1) is 12.4. The average molecular weight is 239 g/mol. The van der Waals surface area contributed by atoms with E-state index >= 15 is 0 Å². The molecule has 4 nitrogen and oxygen atoms in total. The van der Waals surface area contributed by atoms with Gasteiger partial charge in [0.05, 0.1) is 0 Å². The Kier molecular flexibility index (Phi) is 3.15. The standard InChI is InChI=1S/C13H21NO3/c1-9-5-6-13(12(16)17,7-10(9)2)14(8-15)11-3-4-11/h8-11H,3-7H2,1-2H3,(H,16,17). The number of carbonyl (C=O) groups excluding carboxylic acids is 1. The number of carbonyl (C=O) groups is 2. The molecule has 0 radical (unpaired) electrons. The lowest BCUT2D eigenvalue weighted by Gasteiger charge is -2.45. The van der Waals surface area contributed by atoms with E-state index in [1.54, 1.807) is 4.90 Å². The summed E-state index contributed by atoms with van der Waals surface area (Å²) in [5.41, 5.74) is -0.936. The van der Waals surface area contributed by atoms with Crippen molar-refractivity contribution in [2.75, 3.05) is 0 Å². The summed E-state index contributed by atoms with van der Waals surface area (Å²) in [5.74, 6) is 0.0893. The molecule has 0 bridgehead atoms. The predicted molar refractivity (Wildman–Crippen MR) is 63.5 cm³/mol. The second kappa shape index (κ2) is 4.31. The average Bonchev–Trinajstić information content (AvgIpc) is 3.08. The highest BCUT2D eigenvalue weighted by atomic mass is 16.4. The normalized spacial score (nSPS) is 37.5. The lowest BCUT2D eigenvalue weighted by molar-refractivity contribution is -0.160. The molecule has 2 saturated carbocycles. The van der Waals surface area contributed by atoms with Crippen LogP contribution in [0.4, 0.5) is 0 Å². The van der Waals surface area contributed by atoms with Gasteiger partial charge in [-0.2, -0.15) is 0 Å². The molecule has 3 unspecified atom stereocenters. The number of hydrogen-bond acceptors (Lipinski definition) is 2. The van der Waals surface area contributed by atoms with E-state index in [2.05, 4.69) is 13.8 Å². The van der Waals surface area contributed by atoms with E-state index in [0.717, 1.165) is 25.7 Å². The lowest BCUT2D eigenvalue weighted by atomic mass is 9.70. The zero-order valence-corrected chi connectivity index (χ0v) is 10.6. The fourth-order valence-corrected chi connectivity index (χ4v) is 3.02. The van der Waals surface area contributed by atoms with Gasteiger partial charge in [0, 0.05) is 6.04 Å². The zero-order valence-electron chi connectivity index (χ0n) is 10.6. The maximum absolute atomic E-state index is 11.7. The monoisotopic (exact) mass is 239 g/mol. The quantitative estimate of drug-likeness (QED) is 0.762. The van der Waals surface area contributed by atoms with Crippen LogP contribution in [0.2, 0.25) is 0 Å². The summed E-state index contributed by atoms with van der Waals surface area (Å²) in [6.45, 7) is 4.26. The van der Waals surface area contributed by atoms with Gasteiger partial charge in [0.15, 0.2) is 0 Å². The van der Waals surface area contributed by atoms with Crippen molar-refractivity contribution in [3.63, 3.8) is 0 Å². The molecule has 0 aromatic rings. The van der Waals surface area contributed by atoms with E-state index in [0.29, 0.717) is 24.7 Å². The van der Waals surface area contributed by atoms with Crippen molar-refractivity contribution in [2.45, 2.75) is 57.5 Å². The van der Waals surface area contributed by atoms with Crippen molar-refractivity contribution < 1.29 is 14.7 Å². The number of rotatable bonds is 4. The number of carboxylic acids is 1. The van der Waals surface area contributed by atoms with Crippen LogP contribution in [0, 0.1) is 11.8 Å². The van der Waals surface area contributed by atoms with Gasteiger partial charge >= 0.3 is 5.97 Å². The van der Waals surface area contributed by atoms with Gasteiger partial charge in [-0.3, -0.25) is 4.79 Å². The van der Waals surface area contributed by atoms with Crippen LogP contribution in [0.1, 0.15) is 46.0 Å². The Bertz CT molecular complexity index is 327. The minimum Gasteiger partial charge on any atom is -0.479 e. The molecular formula is C13H21NO3. The second-order valence-corrected chi connectivity index (χ2v) is 5.78. The van der Waals surface area contributed by atoms with Crippen molar-refractivity contribution in [1.29, 1.82) is 0 Å². The van der Waals surface area contributed by atoms with Crippen LogP contribution < -0.4 is 0 Å². The maximum Gasteiger partial charge on any atom is 0.329 e. The minimum absolute atomic E-state index is 0.171. The van der Waals surface area contributed by atoms with Crippen molar-refractivity contribution in [2.24, 2.45) is 11.8 Å². The molecule has 0 aromatic heterocycles. The fourth-order valence-electron chi connectivity index (χ4n) is 3.02. The van der Waals surface area contributed by atoms with Gasteiger partial charge in [-0.05, 0) is 43.9 Å². The molecule has 17 heavy (non-hydrogen) atoms. The third-order valence-corrected chi connectivity index (χ3v) is 4.59. The molecule has 0 aliphatic heterocycles. The van der Waals surface area contributed by atoms with Crippen LogP contribution in [-0.4, -0.2) is 34.0 Å². The largest absolute Gasteiger partial charge is 0.479 e. The van der Waals surface area contributed by atoms with Gasteiger partial charge in [-0.1, -0.05) is 13.8 Å². The van der Waals surface area contributed by atoms with Gasteiger partial charge in [0.2, 0.25) is 6.41 Å². The fraction of sp³-hybridized carbons (Fsp3) is 0.846. The Morgan fingerprint density at radius 3 is 2.35 bits per heavy atom. The van der Waals surface area contributed by atoms with Crippen LogP contribution in [0.15, 0.2) is 0 Å². The highest BCUT2D eigenvalue weighted by molar-refractivity contribution is 5.82. The maximum atomic E-state index is 11.7. The van der Waals surface area contributed by atoms with Crippen LogP contribution in [0.5, 0.6) is 0 Å². The van der Waals surface area contributed by atoms with Crippen molar-refractivity contribution in [1.82, 2.24) is 4.90 Å². The van der Waals surface area contributed by atoms with Crippen molar-refractivity contribution >= 4 is 12.4 Å². The first-order valence-electron chi connectivity index (χ1n) is 6.48. The molecule has 1 amide bonds. The SMILES string of the molecule is CC1CCC(C(=O)O)(N(C=O)C2CC2)CC1C. The first-order valence-corrected chi connectivity index (χ1v) is 6.48. The molecule has 0 spiro atoms. The number of carboxylic acid groups (broad SMARTS) is 1. The molecule has 2 rings (SSSR count). The van der Waals surface area contributed by atoms with Crippen LogP contribution in [-0.2, 0) is 9.59 Å². The van der Waals surface area contributed by atoms with Crippen molar-refractivity contribution in [3.05, 3.63) is 0 Å². The van der Waals surface area contributed by atoms with E-state index in [-0.39, 0.29) is 6.04 Å². The summed E-state index contributed by atoms with van der Waals surface area (Å²) in [6, 6.07) is 0.171. The Labute approximate surface area is 102 Å². The van der Waals surface area contributed by atoms with E-state index in [1.165, 1.54) is 0 Å². The second-order valence-electron chi connectivity index (χ2n) is 5.78. The summed E-state index contributed by atoms with van der Waals surface area (Å²) in [5, 5.41) is 9.57. The number of amides is 1. The molecule has 0 saturated heterocycles. The van der Waals surface area contributed by atoms with Gasteiger partial charge in [0.1, 0.15) is 5.54 Å². The number of nitrogens with zero attached hydrogens (tertiary/aromatic N) is 1. The molecule has 96 valence electrons. The third kappa shape index (κ3) is 2.05. The predicted octanol–water partition coefficient (Wildman–Crippen LogP) is 1.89. The highest BCUT2D eigenvalue weighted by Gasteiger charge is 2.52. The Balaban J connectivity index is 2.25. The van der Waals surface area contributed by atoms with E-state index in [9.17, 15) is 14.7 Å².